The van der Waals surface area contributed by atoms with E-state index in [2.05, 4.69) is 42.4 Å². The molecule has 1 aliphatic rings. The highest BCUT2D eigenvalue weighted by atomic mass is 15.1. The maximum Gasteiger partial charge on any atom is 0.0403 e. The number of aryl methyl sites for hydroxylation is 1. The molecule has 0 aliphatic carbocycles. The highest BCUT2D eigenvalue weighted by Gasteiger charge is 2.26. The standard InChI is InChI=1S/C12H18N2/c1-9-5-4-6-11-12(9)10(7-13-2)8-14(11)3/h4-6,10,13H,7-8H2,1-3H3. The van der Waals surface area contributed by atoms with Crippen molar-refractivity contribution < 1.29 is 0 Å². The number of fused-ring (bicyclic) bond motifs is 1. The third kappa shape index (κ3) is 1.40. The molecule has 1 N–H and O–H groups in total. The Morgan fingerprint density at radius 1 is 1.50 bits per heavy atom. The lowest BCUT2D eigenvalue weighted by molar-refractivity contribution is 0.652. The van der Waals surface area contributed by atoms with E-state index >= 15 is 0 Å². The molecule has 76 valence electrons. The summed E-state index contributed by atoms with van der Waals surface area (Å²) in [5.41, 5.74) is 4.36. The fourth-order valence-corrected chi connectivity index (χ4v) is 2.46. The van der Waals surface area contributed by atoms with Gasteiger partial charge in [0.15, 0.2) is 0 Å². The van der Waals surface area contributed by atoms with Crippen LogP contribution in [0.4, 0.5) is 5.69 Å². The summed E-state index contributed by atoms with van der Waals surface area (Å²) >= 11 is 0. The second kappa shape index (κ2) is 3.62. The van der Waals surface area contributed by atoms with Crippen molar-refractivity contribution in [3.05, 3.63) is 29.3 Å². The first kappa shape index (κ1) is 9.53. The van der Waals surface area contributed by atoms with Gasteiger partial charge in [-0.05, 0) is 31.2 Å². The van der Waals surface area contributed by atoms with Crippen molar-refractivity contribution in [3.63, 3.8) is 0 Å². The lowest BCUT2D eigenvalue weighted by Crippen LogP contribution is -2.22. The van der Waals surface area contributed by atoms with Gasteiger partial charge in [-0.25, -0.2) is 0 Å². The van der Waals surface area contributed by atoms with Gasteiger partial charge in [0.2, 0.25) is 0 Å². The highest BCUT2D eigenvalue weighted by molar-refractivity contribution is 5.62. The Bertz CT molecular complexity index is 333. The van der Waals surface area contributed by atoms with Crippen molar-refractivity contribution in [2.75, 3.05) is 32.1 Å². The predicted octanol–water partition coefficient (Wildman–Crippen LogP) is 1.75. The molecule has 0 fully saturated rings. The summed E-state index contributed by atoms with van der Waals surface area (Å²) in [5.74, 6) is 0.654. The van der Waals surface area contributed by atoms with E-state index in [1.54, 1.807) is 0 Å². The molecule has 2 rings (SSSR count). The summed E-state index contributed by atoms with van der Waals surface area (Å²) in [6, 6.07) is 6.57. The third-order valence-electron chi connectivity index (χ3n) is 3.07. The van der Waals surface area contributed by atoms with Gasteiger partial charge in [0, 0.05) is 31.7 Å². The number of hydrogen-bond donors (Lipinski definition) is 1. The first-order chi connectivity index (χ1) is 6.74. The molecule has 0 bridgehead atoms. The highest BCUT2D eigenvalue weighted by Crippen LogP contribution is 2.36. The zero-order chi connectivity index (χ0) is 10.1. The van der Waals surface area contributed by atoms with E-state index in [1.165, 1.54) is 16.8 Å². The van der Waals surface area contributed by atoms with Crippen molar-refractivity contribution >= 4 is 5.69 Å². The molecular formula is C12H18N2. The number of hydrogen-bond acceptors (Lipinski definition) is 2. The summed E-state index contributed by atoms with van der Waals surface area (Å²) in [6.45, 7) is 4.42. The second-order valence-corrected chi connectivity index (χ2v) is 4.14. The van der Waals surface area contributed by atoms with Crippen LogP contribution in [0, 0.1) is 6.92 Å². The zero-order valence-corrected chi connectivity index (χ0v) is 9.17. The molecular weight excluding hydrogens is 172 g/mol. The van der Waals surface area contributed by atoms with Gasteiger partial charge in [-0.1, -0.05) is 12.1 Å². The molecule has 0 spiro atoms. The van der Waals surface area contributed by atoms with Gasteiger partial charge in [-0.15, -0.1) is 0 Å². The molecule has 0 radical (unpaired) electrons. The molecule has 1 aromatic rings. The summed E-state index contributed by atoms with van der Waals surface area (Å²) < 4.78 is 0. The molecule has 1 heterocycles. The smallest absolute Gasteiger partial charge is 0.0403 e. The summed E-state index contributed by atoms with van der Waals surface area (Å²) in [6.07, 6.45) is 0. The summed E-state index contributed by atoms with van der Waals surface area (Å²) in [5, 5.41) is 3.27. The molecule has 0 saturated heterocycles. The van der Waals surface area contributed by atoms with Crippen LogP contribution in [0.5, 0.6) is 0 Å². The van der Waals surface area contributed by atoms with Gasteiger partial charge in [0.1, 0.15) is 0 Å². The molecule has 1 aliphatic heterocycles. The van der Waals surface area contributed by atoms with Crippen molar-refractivity contribution in [3.8, 4) is 0 Å². The Morgan fingerprint density at radius 3 is 3.00 bits per heavy atom. The molecule has 1 aromatic carbocycles. The Morgan fingerprint density at radius 2 is 2.29 bits per heavy atom. The SMILES string of the molecule is CNCC1CN(C)c2cccc(C)c21. The van der Waals surface area contributed by atoms with Gasteiger partial charge in [0.05, 0.1) is 0 Å². The van der Waals surface area contributed by atoms with E-state index in [0.717, 1.165) is 13.1 Å². The van der Waals surface area contributed by atoms with E-state index in [9.17, 15) is 0 Å². The van der Waals surface area contributed by atoms with Crippen LogP contribution in [0.25, 0.3) is 0 Å². The normalized spacial score (nSPS) is 19.9. The van der Waals surface area contributed by atoms with Crippen molar-refractivity contribution in [2.45, 2.75) is 12.8 Å². The lowest BCUT2D eigenvalue weighted by Gasteiger charge is -2.12. The maximum atomic E-state index is 3.27. The van der Waals surface area contributed by atoms with E-state index in [4.69, 9.17) is 0 Å². The van der Waals surface area contributed by atoms with Gasteiger partial charge in [0.25, 0.3) is 0 Å². The van der Waals surface area contributed by atoms with Crippen LogP contribution in [0.15, 0.2) is 18.2 Å². The number of nitrogens with one attached hydrogen (secondary N) is 1. The minimum atomic E-state index is 0.654. The van der Waals surface area contributed by atoms with Crippen molar-refractivity contribution in [2.24, 2.45) is 0 Å². The molecule has 0 saturated carbocycles. The molecule has 0 aromatic heterocycles. The Balaban J connectivity index is 2.40. The van der Waals surface area contributed by atoms with E-state index in [1.807, 2.05) is 7.05 Å². The van der Waals surface area contributed by atoms with Crippen molar-refractivity contribution in [1.82, 2.24) is 5.32 Å². The fourth-order valence-electron chi connectivity index (χ4n) is 2.46. The fraction of sp³-hybridized carbons (Fsp3) is 0.500. The molecule has 0 amide bonds. The number of nitrogens with zero attached hydrogens (tertiary/aromatic N) is 1. The predicted molar refractivity (Wildman–Crippen MR) is 61.1 cm³/mol. The van der Waals surface area contributed by atoms with Gasteiger partial charge >= 0.3 is 0 Å². The first-order valence-electron chi connectivity index (χ1n) is 5.19. The number of likely N-dealkylation sites (N-methyl/N-ethyl adjacent to an activating group) is 2. The van der Waals surface area contributed by atoms with E-state index in [0.29, 0.717) is 5.92 Å². The molecule has 2 nitrogen and oxygen atoms in total. The minimum absolute atomic E-state index is 0.654. The van der Waals surface area contributed by atoms with Crippen LogP contribution < -0.4 is 10.2 Å². The van der Waals surface area contributed by atoms with Crippen LogP contribution in [0.3, 0.4) is 0 Å². The topological polar surface area (TPSA) is 15.3 Å². The average molecular weight is 190 g/mol. The van der Waals surface area contributed by atoms with E-state index in [-0.39, 0.29) is 0 Å². The second-order valence-electron chi connectivity index (χ2n) is 4.14. The Labute approximate surface area is 85.9 Å². The summed E-state index contributed by atoms with van der Waals surface area (Å²) in [4.78, 5) is 2.35. The van der Waals surface area contributed by atoms with E-state index < -0.39 is 0 Å². The zero-order valence-electron chi connectivity index (χ0n) is 9.17. The van der Waals surface area contributed by atoms with Crippen LogP contribution in [0.2, 0.25) is 0 Å². The van der Waals surface area contributed by atoms with Gasteiger partial charge < -0.3 is 10.2 Å². The molecule has 14 heavy (non-hydrogen) atoms. The Hall–Kier alpha value is -1.02. The molecule has 1 atom stereocenters. The van der Waals surface area contributed by atoms with Crippen molar-refractivity contribution in [1.29, 1.82) is 0 Å². The first-order valence-corrected chi connectivity index (χ1v) is 5.19. The van der Waals surface area contributed by atoms with Gasteiger partial charge in [-0.3, -0.25) is 0 Å². The van der Waals surface area contributed by atoms with Crippen LogP contribution in [-0.4, -0.2) is 27.2 Å². The Kier molecular flexibility index (Phi) is 2.46. The average Bonchev–Trinajstić information content (AvgIpc) is 2.46. The number of benzene rings is 1. The number of anilines is 1. The largest absolute Gasteiger partial charge is 0.374 e. The van der Waals surface area contributed by atoms with Gasteiger partial charge in [-0.2, -0.15) is 0 Å². The number of rotatable bonds is 2. The quantitative estimate of drug-likeness (QED) is 0.764. The molecule has 2 heteroatoms. The summed E-state index contributed by atoms with van der Waals surface area (Å²) in [7, 11) is 4.20. The van der Waals surface area contributed by atoms with Crippen LogP contribution in [-0.2, 0) is 0 Å². The third-order valence-corrected chi connectivity index (χ3v) is 3.07. The maximum absolute atomic E-state index is 3.27. The lowest BCUT2D eigenvalue weighted by atomic mass is 9.97. The monoisotopic (exact) mass is 190 g/mol. The molecule has 1 unspecified atom stereocenters. The van der Waals surface area contributed by atoms with Crippen LogP contribution in [0.1, 0.15) is 17.0 Å². The van der Waals surface area contributed by atoms with Crippen LogP contribution >= 0.6 is 0 Å². The minimum Gasteiger partial charge on any atom is -0.374 e.